The molecule has 6 heteroatoms. The highest BCUT2D eigenvalue weighted by molar-refractivity contribution is 5.93. The van der Waals surface area contributed by atoms with Gasteiger partial charge in [-0.15, -0.1) is 0 Å². The largest absolute Gasteiger partial charge is 0.477 e. The summed E-state index contributed by atoms with van der Waals surface area (Å²) in [5.74, 6) is -1.61. The molecule has 2 aromatic rings. The zero-order valence-corrected chi connectivity index (χ0v) is 11.6. The summed E-state index contributed by atoms with van der Waals surface area (Å²) >= 11 is 0. The summed E-state index contributed by atoms with van der Waals surface area (Å²) in [6.07, 6.45) is 0.768. The van der Waals surface area contributed by atoms with E-state index < -0.39 is 11.5 Å². The SMILES string of the molecule is CCCNC(=O)Cn1c(C(=O)O)cc2ccccc2c1=O. The summed E-state index contributed by atoms with van der Waals surface area (Å²) in [4.78, 5) is 35.5. The van der Waals surface area contributed by atoms with Gasteiger partial charge in [0.2, 0.25) is 5.91 Å². The number of carboxylic acid groups (broad SMARTS) is 1. The predicted molar refractivity (Wildman–Crippen MR) is 78.5 cm³/mol. The van der Waals surface area contributed by atoms with Gasteiger partial charge in [0.1, 0.15) is 12.2 Å². The molecule has 2 rings (SSSR count). The first-order chi connectivity index (χ1) is 10.0. The number of aromatic nitrogens is 1. The van der Waals surface area contributed by atoms with Crippen LogP contribution in [0.3, 0.4) is 0 Å². The van der Waals surface area contributed by atoms with Crippen LogP contribution in [0.5, 0.6) is 0 Å². The number of carboxylic acids is 1. The maximum atomic E-state index is 12.4. The summed E-state index contributed by atoms with van der Waals surface area (Å²) in [7, 11) is 0. The maximum absolute atomic E-state index is 12.4. The second-order valence-corrected chi connectivity index (χ2v) is 4.66. The average Bonchev–Trinajstić information content (AvgIpc) is 2.47. The van der Waals surface area contributed by atoms with Crippen LogP contribution in [-0.2, 0) is 11.3 Å². The lowest BCUT2D eigenvalue weighted by Gasteiger charge is -2.11. The zero-order valence-electron chi connectivity index (χ0n) is 11.6. The number of amides is 1. The van der Waals surface area contributed by atoms with Gasteiger partial charge in [0.05, 0.1) is 0 Å². The Hall–Kier alpha value is -2.63. The normalized spacial score (nSPS) is 10.5. The van der Waals surface area contributed by atoms with Crippen molar-refractivity contribution in [1.29, 1.82) is 0 Å². The van der Waals surface area contributed by atoms with E-state index in [4.69, 9.17) is 0 Å². The molecule has 1 amide bonds. The van der Waals surface area contributed by atoms with Crippen molar-refractivity contribution in [3.63, 3.8) is 0 Å². The summed E-state index contributed by atoms with van der Waals surface area (Å²) < 4.78 is 0.996. The van der Waals surface area contributed by atoms with E-state index in [9.17, 15) is 19.5 Å². The van der Waals surface area contributed by atoms with E-state index >= 15 is 0 Å². The number of aromatic carboxylic acids is 1. The van der Waals surface area contributed by atoms with Gasteiger partial charge in [-0.1, -0.05) is 25.1 Å². The third-order valence-corrected chi connectivity index (χ3v) is 3.11. The molecule has 1 aromatic heterocycles. The molecule has 1 aromatic carbocycles. The van der Waals surface area contributed by atoms with Gasteiger partial charge in [-0.3, -0.25) is 14.2 Å². The molecule has 0 saturated carbocycles. The van der Waals surface area contributed by atoms with Gasteiger partial charge in [-0.05, 0) is 23.9 Å². The Morgan fingerprint density at radius 2 is 2.00 bits per heavy atom. The number of benzene rings is 1. The molecule has 0 atom stereocenters. The Kier molecular flexibility index (Phi) is 4.37. The van der Waals surface area contributed by atoms with Crippen LogP contribution in [0.4, 0.5) is 0 Å². The number of hydrogen-bond acceptors (Lipinski definition) is 3. The number of carbonyl (C=O) groups is 2. The van der Waals surface area contributed by atoms with Crippen LogP contribution in [-0.4, -0.2) is 28.1 Å². The third kappa shape index (κ3) is 3.10. The minimum atomic E-state index is -1.24. The molecule has 0 radical (unpaired) electrons. The lowest BCUT2D eigenvalue weighted by atomic mass is 10.1. The van der Waals surface area contributed by atoms with Crippen molar-refractivity contribution >= 4 is 22.6 Å². The number of pyridine rings is 1. The van der Waals surface area contributed by atoms with Crippen molar-refractivity contribution in [3.05, 3.63) is 46.4 Å². The van der Waals surface area contributed by atoms with Crippen molar-refractivity contribution in [1.82, 2.24) is 9.88 Å². The number of carbonyl (C=O) groups excluding carboxylic acids is 1. The van der Waals surface area contributed by atoms with Gasteiger partial charge in [0, 0.05) is 11.9 Å². The molecular weight excluding hydrogens is 272 g/mol. The molecule has 0 aliphatic heterocycles. The minimum Gasteiger partial charge on any atom is -0.477 e. The molecule has 2 N–H and O–H groups in total. The molecule has 0 aliphatic rings. The molecule has 110 valence electrons. The van der Waals surface area contributed by atoms with E-state index in [1.807, 2.05) is 6.92 Å². The van der Waals surface area contributed by atoms with E-state index in [2.05, 4.69) is 5.32 Å². The molecule has 0 bridgehead atoms. The highest BCUT2D eigenvalue weighted by atomic mass is 16.4. The van der Waals surface area contributed by atoms with Crippen LogP contribution in [0.25, 0.3) is 10.8 Å². The maximum Gasteiger partial charge on any atom is 0.352 e. The smallest absolute Gasteiger partial charge is 0.352 e. The van der Waals surface area contributed by atoms with Crippen LogP contribution in [0.1, 0.15) is 23.8 Å². The number of fused-ring (bicyclic) bond motifs is 1. The minimum absolute atomic E-state index is 0.189. The van der Waals surface area contributed by atoms with Gasteiger partial charge >= 0.3 is 5.97 Å². The lowest BCUT2D eigenvalue weighted by Crippen LogP contribution is -2.35. The van der Waals surface area contributed by atoms with Gasteiger partial charge in [-0.2, -0.15) is 0 Å². The number of nitrogens with zero attached hydrogens (tertiary/aromatic N) is 1. The van der Waals surface area contributed by atoms with Crippen molar-refractivity contribution < 1.29 is 14.7 Å². The Balaban J connectivity index is 2.52. The average molecular weight is 288 g/mol. The number of hydrogen-bond donors (Lipinski definition) is 2. The van der Waals surface area contributed by atoms with E-state index in [1.165, 1.54) is 6.07 Å². The van der Waals surface area contributed by atoms with Crippen LogP contribution in [0.15, 0.2) is 35.1 Å². The predicted octanol–water partition coefficient (Wildman–Crippen LogP) is 1.23. The molecule has 0 spiro atoms. The second-order valence-electron chi connectivity index (χ2n) is 4.66. The standard InChI is InChI=1S/C15H16N2O4/c1-2-7-16-13(18)9-17-12(15(20)21)8-10-5-3-4-6-11(10)14(17)19/h3-6,8H,2,7,9H2,1H3,(H,16,18)(H,20,21). The topological polar surface area (TPSA) is 88.4 Å². The highest BCUT2D eigenvalue weighted by Crippen LogP contribution is 2.12. The summed E-state index contributed by atoms with van der Waals surface area (Å²) in [5.41, 5.74) is -0.664. The first kappa shape index (κ1) is 14.8. The van der Waals surface area contributed by atoms with E-state index in [0.717, 1.165) is 11.0 Å². The Labute approximate surface area is 121 Å². The fraction of sp³-hybridized carbons (Fsp3) is 0.267. The molecule has 6 nitrogen and oxygen atoms in total. The summed E-state index contributed by atoms with van der Waals surface area (Å²) in [6.45, 7) is 2.10. The monoisotopic (exact) mass is 288 g/mol. The first-order valence-corrected chi connectivity index (χ1v) is 6.67. The molecule has 0 aliphatic carbocycles. The van der Waals surface area contributed by atoms with Crippen LogP contribution < -0.4 is 10.9 Å². The molecule has 0 fully saturated rings. The van der Waals surface area contributed by atoms with Gasteiger partial charge in [-0.25, -0.2) is 4.79 Å². The van der Waals surface area contributed by atoms with Gasteiger partial charge in [0.25, 0.3) is 5.56 Å². The Morgan fingerprint density at radius 3 is 2.67 bits per heavy atom. The first-order valence-electron chi connectivity index (χ1n) is 6.67. The van der Waals surface area contributed by atoms with Crippen LogP contribution in [0.2, 0.25) is 0 Å². The van der Waals surface area contributed by atoms with Crippen LogP contribution in [0, 0.1) is 0 Å². The van der Waals surface area contributed by atoms with E-state index in [-0.39, 0.29) is 18.1 Å². The Bertz CT molecular complexity index is 749. The quantitative estimate of drug-likeness (QED) is 0.866. The molecule has 0 saturated heterocycles. The van der Waals surface area contributed by atoms with Crippen molar-refractivity contribution in [2.45, 2.75) is 19.9 Å². The fourth-order valence-corrected chi connectivity index (χ4v) is 2.10. The molecular formula is C15H16N2O4. The van der Waals surface area contributed by atoms with Crippen molar-refractivity contribution in [2.24, 2.45) is 0 Å². The van der Waals surface area contributed by atoms with Crippen molar-refractivity contribution in [3.8, 4) is 0 Å². The Morgan fingerprint density at radius 1 is 1.29 bits per heavy atom. The highest BCUT2D eigenvalue weighted by Gasteiger charge is 2.16. The third-order valence-electron chi connectivity index (χ3n) is 3.11. The number of nitrogens with one attached hydrogen (secondary N) is 1. The summed E-state index contributed by atoms with van der Waals surface area (Å²) in [6, 6.07) is 8.12. The number of rotatable bonds is 5. The van der Waals surface area contributed by atoms with E-state index in [1.54, 1.807) is 24.3 Å². The van der Waals surface area contributed by atoms with Gasteiger partial charge < -0.3 is 10.4 Å². The van der Waals surface area contributed by atoms with Crippen molar-refractivity contribution in [2.75, 3.05) is 6.54 Å². The molecule has 0 unspecified atom stereocenters. The zero-order chi connectivity index (χ0) is 15.4. The lowest BCUT2D eigenvalue weighted by molar-refractivity contribution is -0.121. The van der Waals surface area contributed by atoms with Gasteiger partial charge in [0.15, 0.2) is 0 Å². The second kappa shape index (κ2) is 6.21. The summed E-state index contributed by atoms with van der Waals surface area (Å²) in [5, 5.41) is 12.8. The van der Waals surface area contributed by atoms with Crippen LogP contribution >= 0.6 is 0 Å². The fourth-order valence-electron chi connectivity index (χ4n) is 2.10. The van der Waals surface area contributed by atoms with E-state index in [0.29, 0.717) is 17.3 Å². The molecule has 21 heavy (non-hydrogen) atoms. The molecule has 1 heterocycles.